The summed E-state index contributed by atoms with van der Waals surface area (Å²) in [6.07, 6.45) is 1.37. The maximum atomic E-state index is 10.8. The van der Waals surface area contributed by atoms with E-state index in [0.29, 0.717) is 13.0 Å². The minimum absolute atomic E-state index is 0.0310. The monoisotopic (exact) mass is 335 g/mol. The van der Waals surface area contributed by atoms with E-state index in [1.807, 2.05) is 31.2 Å². The number of rotatable bonds is 7. The first-order valence-corrected chi connectivity index (χ1v) is 8.27. The van der Waals surface area contributed by atoms with E-state index in [1.165, 1.54) is 0 Å². The molecule has 4 nitrogen and oxygen atoms in total. The van der Waals surface area contributed by atoms with Gasteiger partial charge in [-0.2, -0.15) is 0 Å². The van der Waals surface area contributed by atoms with Crippen LogP contribution in [-0.4, -0.2) is 20.8 Å². The zero-order valence-corrected chi connectivity index (χ0v) is 12.7. The number of para-hydroxylation sites is 1. The van der Waals surface area contributed by atoms with Crippen LogP contribution < -0.4 is 9.88 Å². The average Bonchev–Trinajstić information content (AvgIpc) is 2.28. The molecule has 0 saturated heterocycles. The molecular weight excluding hydrogens is 318 g/mol. The number of primary sulfonamides is 1. The first kappa shape index (κ1) is 15.5. The van der Waals surface area contributed by atoms with E-state index in [9.17, 15) is 8.42 Å². The standard InChI is InChI=1S/C12H18BrNO3S/c1-10(7-9-18(14,15)16)6-8-17-12-5-3-2-4-11(12)13/h2-5,10H,6-9H2,1H3,(H2,14,15,16). The highest BCUT2D eigenvalue weighted by atomic mass is 79.9. The molecule has 0 radical (unpaired) electrons. The van der Waals surface area contributed by atoms with Gasteiger partial charge < -0.3 is 4.74 Å². The Kier molecular flexibility index (Phi) is 6.11. The second-order valence-electron chi connectivity index (χ2n) is 4.33. The third kappa shape index (κ3) is 6.37. The summed E-state index contributed by atoms with van der Waals surface area (Å²) in [6, 6.07) is 7.63. The number of benzene rings is 1. The van der Waals surface area contributed by atoms with E-state index in [4.69, 9.17) is 9.88 Å². The third-order valence-electron chi connectivity index (χ3n) is 2.60. The van der Waals surface area contributed by atoms with Crippen molar-refractivity contribution in [3.05, 3.63) is 28.7 Å². The van der Waals surface area contributed by atoms with Crippen molar-refractivity contribution in [1.82, 2.24) is 0 Å². The fourth-order valence-corrected chi connectivity index (χ4v) is 2.57. The fourth-order valence-electron chi connectivity index (χ4n) is 1.44. The molecule has 0 aliphatic rings. The van der Waals surface area contributed by atoms with Gasteiger partial charge in [-0.1, -0.05) is 19.1 Å². The molecule has 0 fully saturated rings. The lowest BCUT2D eigenvalue weighted by molar-refractivity contribution is 0.280. The van der Waals surface area contributed by atoms with Crippen molar-refractivity contribution >= 4 is 26.0 Å². The van der Waals surface area contributed by atoms with Crippen LogP contribution in [0.4, 0.5) is 0 Å². The Hall–Kier alpha value is -0.590. The van der Waals surface area contributed by atoms with Crippen LogP contribution in [0.3, 0.4) is 0 Å². The summed E-state index contributed by atoms with van der Waals surface area (Å²) in [6.45, 7) is 2.56. The number of hydrogen-bond acceptors (Lipinski definition) is 3. The Labute approximate surface area is 117 Å². The Bertz CT molecular complexity index is 476. The van der Waals surface area contributed by atoms with Gasteiger partial charge >= 0.3 is 0 Å². The SMILES string of the molecule is CC(CCOc1ccccc1Br)CCS(N)(=O)=O. The van der Waals surface area contributed by atoms with Crippen LogP contribution >= 0.6 is 15.9 Å². The minimum Gasteiger partial charge on any atom is -0.492 e. The first-order valence-electron chi connectivity index (χ1n) is 5.76. The molecule has 18 heavy (non-hydrogen) atoms. The third-order valence-corrected chi connectivity index (χ3v) is 4.06. The number of halogens is 1. The molecule has 0 aliphatic carbocycles. The molecule has 0 bridgehead atoms. The van der Waals surface area contributed by atoms with Gasteiger partial charge in [0.2, 0.25) is 10.0 Å². The molecule has 0 heterocycles. The lowest BCUT2D eigenvalue weighted by Crippen LogP contribution is -2.18. The Balaban J connectivity index is 2.28. The Morgan fingerprint density at radius 3 is 2.61 bits per heavy atom. The number of ether oxygens (including phenoxy) is 1. The van der Waals surface area contributed by atoms with Gasteiger partial charge in [-0.05, 0) is 46.8 Å². The van der Waals surface area contributed by atoms with Crippen LogP contribution in [0.25, 0.3) is 0 Å². The van der Waals surface area contributed by atoms with E-state index in [-0.39, 0.29) is 11.7 Å². The molecule has 1 atom stereocenters. The summed E-state index contributed by atoms with van der Waals surface area (Å²) in [4.78, 5) is 0. The van der Waals surface area contributed by atoms with E-state index < -0.39 is 10.0 Å². The van der Waals surface area contributed by atoms with Crippen LogP contribution in [0.2, 0.25) is 0 Å². The average molecular weight is 336 g/mol. The predicted octanol–water partition coefficient (Wildman–Crippen LogP) is 2.53. The van der Waals surface area contributed by atoms with Gasteiger partial charge in [-0.25, -0.2) is 13.6 Å². The fraction of sp³-hybridized carbons (Fsp3) is 0.500. The van der Waals surface area contributed by atoms with Gasteiger partial charge in [0.05, 0.1) is 16.8 Å². The molecule has 0 spiro atoms. The second-order valence-corrected chi connectivity index (χ2v) is 6.92. The highest BCUT2D eigenvalue weighted by Crippen LogP contribution is 2.24. The molecule has 0 aliphatic heterocycles. The van der Waals surface area contributed by atoms with Gasteiger partial charge in [0.15, 0.2) is 0 Å². The van der Waals surface area contributed by atoms with E-state index >= 15 is 0 Å². The lowest BCUT2D eigenvalue weighted by atomic mass is 10.1. The van der Waals surface area contributed by atoms with Gasteiger partial charge in [0.1, 0.15) is 5.75 Å². The lowest BCUT2D eigenvalue weighted by Gasteiger charge is -2.12. The topological polar surface area (TPSA) is 69.4 Å². The van der Waals surface area contributed by atoms with Crippen LogP contribution in [0, 0.1) is 5.92 Å². The zero-order chi connectivity index (χ0) is 13.6. The van der Waals surface area contributed by atoms with E-state index in [1.54, 1.807) is 0 Å². The molecule has 6 heteroatoms. The van der Waals surface area contributed by atoms with Crippen molar-refractivity contribution in [3.8, 4) is 5.75 Å². The summed E-state index contributed by atoms with van der Waals surface area (Å²) >= 11 is 3.40. The number of nitrogens with two attached hydrogens (primary N) is 1. The molecular formula is C12H18BrNO3S. The van der Waals surface area contributed by atoms with Crippen LogP contribution in [-0.2, 0) is 10.0 Å². The van der Waals surface area contributed by atoms with Crippen molar-refractivity contribution in [2.75, 3.05) is 12.4 Å². The highest BCUT2D eigenvalue weighted by molar-refractivity contribution is 9.10. The van der Waals surface area contributed by atoms with Crippen LogP contribution in [0.15, 0.2) is 28.7 Å². The molecule has 1 aromatic carbocycles. The minimum atomic E-state index is -3.35. The van der Waals surface area contributed by atoms with Crippen LogP contribution in [0.5, 0.6) is 5.75 Å². The summed E-state index contributed by atoms with van der Waals surface area (Å²) < 4.78 is 28.2. The summed E-state index contributed by atoms with van der Waals surface area (Å²) in [5.41, 5.74) is 0. The smallest absolute Gasteiger partial charge is 0.209 e. The quantitative estimate of drug-likeness (QED) is 0.832. The van der Waals surface area contributed by atoms with Gasteiger partial charge in [0.25, 0.3) is 0 Å². The molecule has 1 rings (SSSR count). The second kappa shape index (κ2) is 7.11. The molecule has 0 amide bonds. The predicted molar refractivity (Wildman–Crippen MR) is 76.0 cm³/mol. The number of sulfonamides is 1. The van der Waals surface area contributed by atoms with Crippen molar-refractivity contribution < 1.29 is 13.2 Å². The summed E-state index contributed by atoms with van der Waals surface area (Å²) in [5, 5.41) is 4.96. The van der Waals surface area contributed by atoms with Crippen molar-refractivity contribution in [2.24, 2.45) is 11.1 Å². The summed E-state index contributed by atoms with van der Waals surface area (Å²) in [5.74, 6) is 1.10. The van der Waals surface area contributed by atoms with E-state index in [2.05, 4.69) is 15.9 Å². The molecule has 2 N–H and O–H groups in total. The zero-order valence-electron chi connectivity index (χ0n) is 10.3. The van der Waals surface area contributed by atoms with E-state index in [0.717, 1.165) is 16.6 Å². The normalized spacial score (nSPS) is 13.3. The molecule has 1 unspecified atom stereocenters. The van der Waals surface area contributed by atoms with Crippen molar-refractivity contribution in [1.29, 1.82) is 0 Å². The molecule has 102 valence electrons. The first-order chi connectivity index (χ1) is 8.38. The molecule has 0 aromatic heterocycles. The highest BCUT2D eigenvalue weighted by Gasteiger charge is 2.08. The summed E-state index contributed by atoms with van der Waals surface area (Å²) in [7, 11) is -3.35. The maximum Gasteiger partial charge on any atom is 0.209 e. The van der Waals surface area contributed by atoms with Gasteiger partial charge in [-0.3, -0.25) is 0 Å². The molecule has 1 aromatic rings. The van der Waals surface area contributed by atoms with Crippen molar-refractivity contribution in [2.45, 2.75) is 19.8 Å². The largest absolute Gasteiger partial charge is 0.492 e. The van der Waals surface area contributed by atoms with Crippen LogP contribution in [0.1, 0.15) is 19.8 Å². The Morgan fingerprint density at radius 1 is 1.33 bits per heavy atom. The van der Waals surface area contributed by atoms with Crippen molar-refractivity contribution in [3.63, 3.8) is 0 Å². The molecule has 0 saturated carbocycles. The Morgan fingerprint density at radius 2 is 2.00 bits per heavy atom. The maximum absolute atomic E-state index is 10.8. The van der Waals surface area contributed by atoms with Gasteiger partial charge in [0, 0.05) is 0 Å². The number of hydrogen-bond donors (Lipinski definition) is 1. The van der Waals surface area contributed by atoms with Gasteiger partial charge in [-0.15, -0.1) is 0 Å².